The third-order valence-corrected chi connectivity index (χ3v) is 2.14. The molecule has 0 spiro atoms. The average Bonchev–Trinajstić information content (AvgIpc) is 2.34. The molecular weight excluding hydrogens is 256 g/mol. The molecule has 0 saturated carbocycles. The molecule has 1 aromatic carbocycles. The van der Waals surface area contributed by atoms with Crippen molar-refractivity contribution in [2.45, 2.75) is 6.42 Å². The number of carbonyl (C=O) groups excluding carboxylic acids is 1. The number of halogens is 4. The number of hydrogen-bond acceptors (Lipinski definition) is 3. The Morgan fingerprint density at radius 3 is 2.06 bits per heavy atom. The van der Waals surface area contributed by atoms with Crippen molar-refractivity contribution in [2.24, 2.45) is 0 Å². The molecule has 0 aliphatic carbocycles. The molecule has 4 nitrogen and oxygen atoms in total. The van der Waals surface area contributed by atoms with E-state index in [2.05, 4.69) is 0 Å². The fraction of sp³-hybridized carbons (Fsp3) is 0.300. The second kappa shape index (κ2) is 5.67. The smallest absolute Gasteiger partial charge is 0.257 e. The third kappa shape index (κ3) is 2.53. The highest BCUT2D eigenvalue weighted by molar-refractivity contribution is 5.95. The van der Waals surface area contributed by atoms with E-state index in [-0.39, 0.29) is 19.6 Å². The molecule has 8 heteroatoms. The normalized spacial score (nSPS) is 10.5. The molecule has 0 unspecified atom stereocenters. The van der Waals surface area contributed by atoms with E-state index in [0.717, 1.165) is 0 Å². The van der Waals surface area contributed by atoms with Crippen LogP contribution >= 0.6 is 0 Å². The summed E-state index contributed by atoms with van der Waals surface area (Å²) in [6.07, 6.45) is 0.134. The molecule has 0 atom stereocenters. The molecule has 1 amide bonds. The van der Waals surface area contributed by atoms with Crippen molar-refractivity contribution in [2.75, 3.05) is 18.9 Å². The van der Waals surface area contributed by atoms with Gasteiger partial charge in [-0.05, 0) is 6.42 Å². The van der Waals surface area contributed by atoms with E-state index in [9.17, 15) is 22.4 Å². The Balaban J connectivity index is 3.13. The van der Waals surface area contributed by atoms with Gasteiger partial charge in [0.05, 0.1) is 0 Å². The van der Waals surface area contributed by atoms with Crippen LogP contribution in [0, 0.1) is 23.3 Å². The predicted octanol–water partition coefficient (Wildman–Crippen LogP) is 0.937. The number of hydrogen-bond donors (Lipinski definition) is 3. The van der Waals surface area contributed by atoms with Gasteiger partial charge in [-0.2, -0.15) is 0 Å². The number of benzene rings is 1. The molecule has 0 fully saturated rings. The monoisotopic (exact) mass is 266 g/mol. The van der Waals surface area contributed by atoms with Gasteiger partial charge in [-0.25, -0.2) is 17.6 Å². The number of aliphatic hydroxyl groups excluding tert-OH is 1. The van der Waals surface area contributed by atoms with Crippen LogP contribution in [0.2, 0.25) is 0 Å². The molecule has 100 valence electrons. The van der Waals surface area contributed by atoms with Crippen LogP contribution in [-0.2, 0) is 0 Å². The Morgan fingerprint density at radius 2 is 1.61 bits per heavy atom. The summed E-state index contributed by atoms with van der Waals surface area (Å²) in [5.74, 6) is -8.67. The maximum absolute atomic E-state index is 13.3. The van der Waals surface area contributed by atoms with E-state index in [1.54, 1.807) is 0 Å². The average molecular weight is 266 g/mol. The number of nitrogens with two attached hydrogens (primary N) is 1. The number of nitrogens with one attached hydrogen (secondary N) is 1. The Labute approximate surface area is 99.4 Å². The summed E-state index contributed by atoms with van der Waals surface area (Å²) >= 11 is 0. The van der Waals surface area contributed by atoms with Gasteiger partial charge >= 0.3 is 0 Å². The van der Waals surface area contributed by atoms with Crippen LogP contribution in [0.25, 0.3) is 0 Å². The van der Waals surface area contributed by atoms with Gasteiger partial charge in [-0.15, -0.1) is 0 Å². The van der Waals surface area contributed by atoms with Crippen LogP contribution in [-0.4, -0.2) is 24.2 Å². The standard InChI is InChI=1S/C10H10F4N2O2/c11-5-4(10(18)16-2-1-3-17)6(12)8(14)9(15)7(5)13/h17H,1-3,15H2,(H,16,18). The first-order valence-electron chi connectivity index (χ1n) is 4.92. The quantitative estimate of drug-likeness (QED) is 0.328. The van der Waals surface area contributed by atoms with Gasteiger partial charge in [0.1, 0.15) is 11.3 Å². The zero-order valence-electron chi connectivity index (χ0n) is 9.07. The lowest BCUT2D eigenvalue weighted by Crippen LogP contribution is -2.28. The number of rotatable bonds is 4. The minimum atomic E-state index is -1.85. The molecule has 4 N–H and O–H groups in total. The first-order valence-corrected chi connectivity index (χ1v) is 4.92. The molecule has 1 rings (SSSR count). The van der Waals surface area contributed by atoms with Crippen LogP contribution < -0.4 is 11.1 Å². The van der Waals surface area contributed by atoms with Crippen molar-refractivity contribution in [1.29, 1.82) is 0 Å². The summed E-state index contributed by atoms with van der Waals surface area (Å²) in [4.78, 5) is 11.3. The minimum Gasteiger partial charge on any atom is -0.396 e. The zero-order valence-corrected chi connectivity index (χ0v) is 9.07. The van der Waals surface area contributed by atoms with E-state index in [1.165, 1.54) is 0 Å². The largest absolute Gasteiger partial charge is 0.396 e. The lowest BCUT2D eigenvalue weighted by Gasteiger charge is -2.09. The number of anilines is 1. The second-order valence-corrected chi connectivity index (χ2v) is 3.38. The number of carbonyl (C=O) groups is 1. The summed E-state index contributed by atoms with van der Waals surface area (Å²) in [5.41, 5.74) is 2.08. The van der Waals surface area contributed by atoms with Crippen LogP contribution in [0.15, 0.2) is 0 Å². The zero-order chi connectivity index (χ0) is 13.9. The summed E-state index contributed by atoms with van der Waals surface area (Å²) < 4.78 is 52.7. The van der Waals surface area contributed by atoms with E-state index < -0.39 is 40.4 Å². The minimum absolute atomic E-state index is 0.0954. The van der Waals surface area contributed by atoms with Gasteiger partial charge in [0, 0.05) is 13.2 Å². The Hall–Kier alpha value is -1.83. The van der Waals surface area contributed by atoms with Crippen molar-refractivity contribution < 1.29 is 27.5 Å². The molecule has 1 aromatic rings. The predicted molar refractivity (Wildman–Crippen MR) is 54.7 cm³/mol. The highest BCUT2D eigenvalue weighted by Gasteiger charge is 2.27. The number of amides is 1. The van der Waals surface area contributed by atoms with Crippen molar-refractivity contribution in [1.82, 2.24) is 5.32 Å². The third-order valence-electron chi connectivity index (χ3n) is 2.14. The number of aliphatic hydroxyl groups is 1. The van der Waals surface area contributed by atoms with E-state index in [0.29, 0.717) is 0 Å². The highest BCUT2D eigenvalue weighted by atomic mass is 19.2. The van der Waals surface area contributed by atoms with Crippen LogP contribution in [0.4, 0.5) is 23.2 Å². The van der Waals surface area contributed by atoms with Crippen molar-refractivity contribution in [3.05, 3.63) is 28.8 Å². The highest BCUT2D eigenvalue weighted by Crippen LogP contribution is 2.25. The van der Waals surface area contributed by atoms with Gasteiger partial charge in [0.2, 0.25) is 0 Å². The molecule has 0 bridgehead atoms. The van der Waals surface area contributed by atoms with Gasteiger partial charge in [0.25, 0.3) is 5.91 Å². The molecule has 0 radical (unpaired) electrons. The Kier molecular flexibility index (Phi) is 4.49. The Morgan fingerprint density at radius 1 is 1.11 bits per heavy atom. The maximum Gasteiger partial charge on any atom is 0.257 e. The van der Waals surface area contributed by atoms with Gasteiger partial charge in [0.15, 0.2) is 23.3 Å². The molecule has 0 aliphatic rings. The molecule has 0 aliphatic heterocycles. The number of nitrogen functional groups attached to an aromatic ring is 1. The second-order valence-electron chi connectivity index (χ2n) is 3.38. The molecule has 0 heterocycles. The van der Waals surface area contributed by atoms with Gasteiger partial charge in [-0.1, -0.05) is 0 Å². The van der Waals surface area contributed by atoms with Crippen molar-refractivity contribution >= 4 is 11.6 Å². The lowest BCUT2D eigenvalue weighted by atomic mass is 10.1. The maximum atomic E-state index is 13.3. The first kappa shape index (κ1) is 14.2. The van der Waals surface area contributed by atoms with Crippen molar-refractivity contribution in [3.8, 4) is 0 Å². The van der Waals surface area contributed by atoms with E-state index in [1.807, 2.05) is 5.32 Å². The van der Waals surface area contributed by atoms with Gasteiger partial charge in [-0.3, -0.25) is 4.79 Å². The summed E-state index contributed by atoms with van der Waals surface area (Å²) in [5, 5.41) is 10.4. The molecule has 0 saturated heterocycles. The Bertz CT molecular complexity index is 450. The van der Waals surface area contributed by atoms with Crippen LogP contribution in [0.5, 0.6) is 0 Å². The van der Waals surface area contributed by atoms with E-state index in [4.69, 9.17) is 10.8 Å². The summed E-state index contributed by atoms with van der Waals surface area (Å²) in [6, 6.07) is 0. The van der Waals surface area contributed by atoms with Gasteiger partial charge < -0.3 is 16.2 Å². The molecule has 18 heavy (non-hydrogen) atoms. The SMILES string of the molecule is Nc1c(F)c(F)c(C(=O)NCCCO)c(F)c1F. The fourth-order valence-corrected chi connectivity index (χ4v) is 1.22. The van der Waals surface area contributed by atoms with Crippen LogP contribution in [0.1, 0.15) is 16.8 Å². The summed E-state index contributed by atoms with van der Waals surface area (Å²) in [6.45, 7) is -0.350. The lowest BCUT2D eigenvalue weighted by molar-refractivity contribution is 0.0940. The van der Waals surface area contributed by atoms with E-state index >= 15 is 0 Å². The molecule has 0 aromatic heterocycles. The topological polar surface area (TPSA) is 75.4 Å². The van der Waals surface area contributed by atoms with Crippen LogP contribution in [0.3, 0.4) is 0 Å². The first-order chi connectivity index (χ1) is 8.41. The van der Waals surface area contributed by atoms with Crippen molar-refractivity contribution in [3.63, 3.8) is 0 Å². The summed E-state index contributed by atoms with van der Waals surface area (Å²) in [7, 11) is 0. The molecular formula is C10H10F4N2O2. The fourth-order valence-electron chi connectivity index (χ4n) is 1.22.